The van der Waals surface area contributed by atoms with Crippen molar-refractivity contribution in [2.24, 2.45) is 0 Å². The van der Waals surface area contributed by atoms with Gasteiger partial charge in [0.25, 0.3) is 5.91 Å². The molecule has 1 heterocycles. The van der Waals surface area contributed by atoms with Crippen LogP contribution in [0.5, 0.6) is 11.5 Å². The average molecular weight is 431 g/mol. The SMILES string of the molecule is CCOc1cc(OCC)cc(C(=O)Nc2ccc3nn(-c4ccc(CC)cc4)nc3c2)c1. The van der Waals surface area contributed by atoms with Crippen LogP contribution >= 0.6 is 0 Å². The number of nitrogens with one attached hydrogen (secondary N) is 1. The number of carbonyl (C=O) groups is 1. The molecular formula is C25H26N4O3. The number of aryl methyl sites for hydroxylation is 1. The highest BCUT2D eigenvalue weighted by Crippen LogP contribution is 2.25. The highest BCUT2D eigenvalue weighted by atomic mass is 16.5. The first-order valence-electron chi connectivity index (χ1n) is 10.8. The summed E-state index contributed by atoms with van der Waals surface area (Å²) in [5.41, 5.74) is 4.69. The lowest BCUT2D eigenvalue weighted by molar-refractivity contribution is 0.102. The number of rotatable bonds is 8. The van der Waals surface area contributed by atoms with E-state index in [0.29, 0.717) is 41.5 Å². The van der Waals surface area contributed by atoms with Gasteiger partial charge in [-0.2, -0.15) is 4.80 Å². The molecule has 0 aliphatic heterocycles. The summed E-state index contributed by atoms with van der Waals surface area (Å²) in [7, 11) is 0. The summed E-state index contributed by atoms with van der Waals surface area (Å²) in [4.78, 5) is 14.5. The number of anilines is 1. The summed E-state index contributed by atoms with van der Waals surface area (Å²) in [6.07, 6.45) is 0.984. The maximum Gasteiger partial charge on any atom is 0.255 e. The van der Waals surface area contributed by atoms with E-state index in [2.05, 4.69) is 34.6 Å². The van der Waals surface area contributed by atoms with Gasteiger partial charge in [-0.25, -0.2) is 0 Å². The van der Waals surface area contributed by atoms with Crippen LogP contribution in [0, 0.1) is 0 Å². The van der Waals surface area contributed by atoms with Gasteiger partial charge in [0.2, 0.25) is 0 Å². The summed E-state index contributed by atoms with van der Waals surface area (Å²) in [5, 5.41) is 12.0. The van der Waals surface area contributed by atoms with Gasteiger partial charge in [-0.15, -0.1) is 10.2 Å². The lowest BCUT2D eigenvalue weighted by Crippen LogP contribution is -2.12. The van der Waals surface area contributed by atoms with Crippen LogP contribution in [-0.2, 0) is 6.42 Å². The minimum absolute atomic E-state index is 0.255. The van der Waals surface area contributed by atoms with E-state index < -0.39 is 0 Å². The van der Waals surface area contributed by atoms with Crippen molar-refractivity contribution in [2.45, 2.75) is 27.2 Å². The Bertz CT molecular complexity index is 1210. The molecule has 0 saturated heterocycles. The number of ether oxygens (including phenoxy) is 2. The van der Waals surface area contributed by atoms with E-state index in [1.807, 2.05) is 44.2 Å². The quantitative estimate of drug-likeness (QED) is 0.424. The molecule has 32 heavy (non-hydrogen) atoms. The predicted molar refractivity (Wildman–Crippen MR) is 125 cm³/mol. The van der Waals surface area contributed by atoms with Crippen molar-refractivity contribution in [2.75, 3.05) is 18.5 Å². The summed E-state index contributed by atoms with van der Waals surface area (Å²) in [5.74, 6) is 0.932. The van der Waals surface area contributed by atoms with Gasteiger partial charge < -0.3 is 14.8 Å². The normalized spacial score (nSPS) is 10.8. The number of nitrogens with zero attached hydrogens (tertiary/aromatic N) is 3. The van der Waals surface area contributed by atoms with Gasteiger partial charge in [0, 0.05) is 17.3 Å². The molecule has 1 aromatic heterocycles. The van der Waals surface area contributed by atoms with Crippen molar-refractivity contribution in [3.8, 4) is 17.2 Å². The first kappa shape index (κ1) is 21.4. The number of amides is 1. The van der Waals surface area contributed by atoms with Crippen molar-refractivity contribution in [3.05, 3.63) is 71.8 Å². The maximum absolute atomic E-state index is 12.9. The molecular weight excluding hydrogens is 404 g/mol. The van der Waals surface area contributed by atoms with E-state index in [0.717, 1.165) is 17.6 Å². The highest BCUT2D eigenvalue weighted by Gasteiger charge is 2.12. The smallest absolute Gasteiger partial charge is 0.255 e. The summed E-state index contributed by atoms with van der Waals surface area (Å²) in [6.45, 7) is 6.92. The lowest BCUT2D eigenvalue weighted by atomic mass is 10.1. The van der Waals surface area contributed by atoms with Crippen LogP contribution in [0.15, 0.2) is 60.7 Å². The van der Waals surface area contributed by atoms with Crippen LogP contribution in [0.2, 0.25) is 0 Å². The molecule has 0 saturated carbocycles. The zero-order chi connectivity index (χ0) is 22.5. The Hall–Kier alpha value is -3.87. The number of benzene rings is 3. The summed E-state index contributed by atoms with van der Waals surface area (Å²) >= 11 is 0. The van der Waals surface area contributed by atoms with E-state index in [4.69, 9.17) is 9.47 Å². The minimum atomic E-state index is -0.255. The van der Waals surface area contributed by atoms with Crippen LogP contribution in [0.1, 0.15) is 36.7 Å². The molecule has 1 amide bonds. The molecule has 0 unspecified atom stereocenters. The van der Waals surface area contributed by atoms with E-state index >= 15 is 0 Å². The molecule has 1 N–H and O–H groups in total. The zero-order valence-corrected chi connectivity index (χ0v) is 18.5. The van der Waals surface area contributed by atoms with Crippen LogP contribution in [0.25, 0.3) is 16.7 Å². The third-order valence-corrected chi connectivity index (χ3v) is 4.98. The van der Waals surface area contributed by atoms with E-state index in [-0.39, 0.29) is 5.91 Å². The van der Waals surface area contributed by atoms with Crippen molar-refractivity contribution in [1.29, 1.82) is 0 Å². The second-order valence-corrected chi connectivity index (χ2v) is 7.23. The standard InChI is InChI=1S/C25H26N4O3/c1-4-17-7-10-20(11-8-17)29-27-23-12-9-19(15-24(23)28-29)26-25(30)18-13-21(31-5-2)16-22(14-18)32-6-3/h7-16H,4-6H2,1-3H3,(H,26,30). The molecule has 7 heteroatoms. The molecule has 4 aromatic rings. The first-order valence-corrected chi connectivity index (χ1v) is 10.8. The van der Waals surface area contributed by atoms with Gasteiger partial charge in [0.1, 0.15) is 22.5 Å². The number of hydrogen-bond acceptors (Lipinski definition) is 5. The monoisotopic (exact) mass is 430 g/mol. The second-order valence-electron chi connectivity index (χ2n) is 7.23. The van der Waals surface area contributed by atoms with Crippen molar-refractivity contribution < 1.29 is 14.3 Å². The fraction of sp³-hybridized carbons (Fsp3) is 0.240. The molecule has 0 aliphatic carbocycles. The van der Waals surface area contributed by atoms with Gasteiger partial charge in [-0.3, -0.25) is 4.79 Å². The fourth-order valence-electron chi connectivity index (χ4n) is 3.38. The second kappa shape index (κ2) is 9.51. The number of aromatic nitrogens is 3. The van der Waals surface area contributed by atoms with Crippen molar-refractivity contribution in [1.82, 2.24) is 15.0 Å². The zero-order valence-electron chi connectivity index (χ0n) is 18.5. The molecule has 3 aromatic carbocycles. The molecule has 7 nitrogen and oxygen atoms in total. The Morgan fingerprint density at radius 1 is 0.844 bits per heavy atom. The molecule has 4 rings (SSSR count). The Morgan fingerprint density at radius 3 is 2.12 bits per heavy atom. The topological polar surface area (TPSA) is 78.3 Å². The first-order chi connectivity index (χ1) is 15.6. The number of carbonyl (C=O) groups excluding carboxylic acids is 1. The Labute approximate surface area is 187 Å². The maximum atomic E-state index is 12.9. The van der Waals surface area contributed by atoms with Crippen LogP contribution < -0.4 is 14.8 Å². The molecule has 0 radical (unpaired) electrons. The van der Waals surface area contributed by atoms with Crippen LogP contribution in [0.3, 0.4) is 0 Å². The fourth-order valence-corrected chi connectivity index (χ4v) is 3.38. The Balaban J connectivity index is 1.57. The van der Waals surface area contributed by atoms with Crippen LogP contribution in [-0.4, -0.2) is 34.1 Å². The highest BCUT2D eigenvalue weighted by molar-refractivity contribution is 6.05. The molecule has 0 bridgehead atoms. The van der Waals surface area contributed by atoms with Gasteiger partial charge in [0.05, 0.1) is 18.9 Å². The van der Waals surface area contributed by atoms with E-state index in [1.165, 1.54) is 5.56 Å². The summed E-state index contributed by atoms with van der Waals surface area (Å²) in [6, 6.07) is 18.8. The predicted octanol–water partition coefficient (Wildman–Crippen LogP) is 5.03. The van der Waals surface area contributed by atoms with Crippen molar-refractivity contribution >= 4 is 22.6 Å². The lowest BCUT2D eigenvalue weighted by Gasteiger charge is -2.11. The Kier molecular flexibility index (Phi) is 6.35. The van der Waals surface area contributed by atoms with E-state index in [1.54, 1.807) is 23.0 Å². The molecule has 0 fully saturated rings. The average Bonchev–Trinajstić information content (AvgIpc) is 3.23. The van der Waals surface area contributed by atoms with Crippen LogP contribution in [0.4, 0.5) is 5.69 Å². The number of hydrogen-bond donors (Lipinski definition) is 1. The van der Waals surface area contributed by atoms with Gasteiger partial charge >= 0.3 is 0 Å². The van der Waals surface area contributed by atoms with Gasteiger partial charge in [0.15, 0.2) is 0 Å². The third-order valence-electron chi connectivity index (χ3n) is 4.98. The van der Waals surface area contributed by atoms with Gasteiger partial charge in [-0.05, 0) is 68.3 Å². The summed E-state index contributed by atoms with van der Waals surface area (Å²) < 4.78 is 11.1. The Morgan fingerprint density at radius 2 is 1.50 bits per heavy atom. The van der Waals surface area contributed by atoms with Crippen molar-refractivity contribution in [3.63, 3.8) is 0 Å². The largest absolute Gasteiger partial charge is 0.494 e. The number of fused-ring (bicyclic) bond motifs is 1. The molecule has 0 atom stereocenters. The minimum Gasteiger partial charge on any atom is -0.494 e. The molecule has 0 spiro atoms. The third kappa shape index (κ3) is 4.72. The molecule has 0 aliphatic rings. The molecule has 164 valence electrons. The van der Waals surface area contributed by atoms with E-state index in [9.17, 15) is 4.79 Å². The van der Waals surface area contributed by atoms with Gasteiger partial charge in [-0.1, -0.05) is 19.1 Å².